The van der Waals surface area contributed by atoms with E-state index in [1.165, 1.54) is 0 Å². The molecule has 1 saturated heterocycles. The molecule has 0 saturated carbocycles. The minimum atomic E-state index is -1.20. The van der Waals surface area contributed by atoms with E-state index in [9.17, 15) is 5.11 Å². The zero-order chi connectivity index (χ0) is 20.4. The quantitative estimate of drug-likeness (QED) is 0.672. The molecule has 1 N–H and O–H groups in total. The molecule has 1 aliphatic carbocycles. The Labute approximate surface area is 172 Å². The molecule has 1 fully saturated rings. The van der Waals surface area contributed by atoms with Gasteiger partial charge < -0.3 is 14.4 Å². The van der Waals surface area contributed by atoms with Gasteiger partial charge in [0.25, 0.3) is 0 Å². The van der Waals surface area contributed by atoms with E-state index in [-0.39, 0.29) is 0 Å². The lowest BCUT2D eigenvalue weighted by Gasteiger charge is -2.32. The molecule has 1 atom stereocenters. The minimum Gasteiger partial charge on any atom is -0.399 e. The van der Waals surface area contributed by atoms with Crippen LogP contribution in [0.1, 0.15) is 44.4 Å². The maximum absolute atomic E-state index is 12.1. The molecule has 4 heteroatoms. The van der Waals surface area contributed by atoms with Crippen LogP contribution in [0, 0.1) is 0 Å². The first kappa shape index (κ1) is 18.6. The maximum Gasteiger partial charge on any atom is 0.494 e. The molecule has 5 rings (SSSR count). The number of aliphatic hydroxyl groups is 1. The van der Waals surface area contributed by atoms with E-state index >= 15 is 0 Å². The third-order valence-electron chi connectivity index (χ3n) is 6.76. The number of benzene rings is 3. The van der Waals surface area contributed by atoms with Crippen molar-refractivity contribution in [3.63, 3.8) is 0 Å². The predicted octanol–water partition coefficient (Wildman–Crippen LogP) is 4.25. The van der Waals surface area contributed by atoms with Crippen molar-refractivity contribution in [3.8, 4) is 11.1 Å². The molecule has 29 heavy (non-hydrogen) atoms. The van der Waals surface area contributed by atoms with E-state index in [0.717, 1.165) is 33.3 Å². The Morgan fingerprint density at radius 2 is 1.28 bits per heavy atom. The second-order valence-electron chi connectivity index (χ2n) is 9.02. The third kappa shape index (κ3) is 2.56. The molecule has 1 heterocycles. The summed E-state index contributed by atoms with van der Waals surface area (Å²) in [5.41, 5.74) is 3.66. The van der Waals surface area contributed by atoms with Crippen LogP contribution < -0.4 is 5.46 Å². The van der Waals surface area contributed by atoms with Gasteiger partial charge in [-0.25, -0.2) is 0 Å². The van der Waals surface area contributed by atoms with E-state index in [0.29, 0.717) is 0 Å². The summed E-state index contributed by atoms with van der Waals surface area (Å²) in [6.07, 6.45) is 0. The van der Waals surface area contributed by atoms with Gasteiger partial charge in [-0.15, -0.1) is 0 Å². The van der Waals surface area contributed by atoms with Gasteiger partial charge in [-0.2, -0.15) is 0 Å². The van der Waals surface area contributed by atoms with Gasteiger partial charge in [0.05, 0.1) is 11.2 Å². The van der Waals surface area contributed by atoms with Gasteiger partial charge in [0, 0.05) is 11.1 Å². The van der Waals surface area contributed by atoms with Crippen LogP contribution in [-0.2, 0) is 14.9 Å². The monoisotopic (exact) mass is 384 g/mol. The van der Waals surface area contributed by atoms with Crippen LogP contribution in [0.5, 0.6) is 0 Å². The lowest BCUT2D eigenvalue weighted by molar-refractivity contribution is 0.00578. The number of fused-ring (bicyclic) bond motifs is 3. The molecular formula is C25H25BO3. The van der Waals surface area contributed by atoms with Crippen LogP contribution in [-0.4, -0.2) is 23.4 Å². The fourth-order valence-electron chi connectivity index (χ4n) is 4.39. The number of rotatable bonds is 2. The topological polar surface area (TPSA) is 38.7 Å². The van der Waals surface area contributed by atoms with Crippen LogP contribution >= 0.6 is 0 Å². The highest BCUT2D eigenvalue weighted by molar-refractivity contribution is 6.62. The van der Waals surface area contributed by atoms with Gasteiger partial charge in [0.2, 0.25) is 0 Å². The van der Waals surface area contributed by atoms with Gasteiger partial charge in [0.15, 0.2) is 0 Å². The Kier molecular flexibility index (Phi) is 3.89. The molecule has 0 bridgehead atoms. The normalized spacial score (nSPS) is 23.7. The smallest absolute Gasteiger partial charge is 0.399 e. The second kappa shape index (κ2) is 6.05. The van der Waals surface area contributed by atoms with E-state index in [2.05, 4.69) is 45.9 Å². The SMILES string of the molecule is CC1(C)OB(c2ccc3c(c2)C(O)(c2ccccc2)c2ccccc2-3)OC1(C)C. The van der Waals surface area contributed by atoms with Crippen molar-refractivity contribution in [2.45, 2.75) is 44.5 Å². The van der Waals surface area contributed by atoms with Gasteiger partial charge in [0.1, 0.15) is 5.60 Å². The zero-order valence-corrected chi connectivity index (χ0v) is 17.3. The van der Waals surface area contributed by atoms with Crippen molar-refractivity contribution in [1.82, 2.24) is 0 Å². The molecule has 3 nitrogen and oxygen atoms in total. The van der Waals surface area contributed by atoms with Gasteiger partial charge in [-0.05, 0) is 49.8 Å². The second-order valence-corrected chi connectivity index (χ2v) is 9.02. The summed E-state index contributed by atoms with van der Waals surface area (Å²) in [4.78, 5) is 0. The van der Waals surface area contributed by atoms with Crippen LogP contribution in [0.4, 0.5) is 0 Å². The van der Waals surface area contributed by atoms with Gasteiger partial charge in [-0.3, -0.25) is 0 Å². The molecule has 0 amide bonds. The molecule has 1 unspecified atom stereocenters. The van der Waals surface area contributed by atoms with E-state index in [4.69, 9.17) is 9.31 Å². The minimum absolute atomic E-state index is 0.407. The van der Waals surface area contributed by atoms with Crippen LogP contribution in [0.15, 0.2) is 72.8 Å². The molecule has 0 spiro atoms. The Morgan fingerprint density at radius 3 is 1.97 bits per heavy atom. The van der Waals surface area contributed by atoms with Crippen LogP contribution in [0.2, 0.25) is 0 Å². The van der Waals surface area contributed by atoms with Crippen LogP contribution in [0.25, 0.3) is 11.1 Å². The molecule has 0 aromatic heterocycles. The maximum atomic E-state index is 12.1. The number of hydrogen-bond donors (Lipinski definition) is 1. The number of hydrogen-bond acceptors (Lipinski definition) is 3. The molecule has 146 valence electrons. The highest BCUT2D eigenvalue weighted by atomic mass is 16.7. The van der Waals surface area contributed by atoms with Gasteiger partial charge >= 0.3 is 7.12 Å². The highest BCUT2D eigenvalue weighted by Crippen LogP contribution is 2.50. The summed E-state index contributed by atoms with van der Waals surface area (Å²) in [5.74, 6) is 0. The summed E-state index contributed by atoms with van der Waals surface area (Å²) in [7, 11) is -0.464. The molecule has 2 aliphatic rings. The lowest BCUT2D eigenvalue weighted by atomic mass is 9.75. The van der Waals surface area contributed by atoms with Crippen molar-refractivity contribution >= 4 is 12.6 Å². The fraction of sp³-hybridized carbons (Fsp3) is 0.280. The van der Waals surface area contributed by atoms with Crippen molar-refractivity contribution in [2.75, 3.05) is 0 Å². The zero-order valence-electron chi connectivity index (χ0n) is 17.3. The first-order valence-electron chi connectivity index (χ1n) is 10.1. The largest absolute Gasteiger partial charge is 0.494 e. The molecule has 0 radical (unpaired) electrons. The lowest BCUT2D eigenvalue weighted by Crippen LogP contribution is -2.41. The third-order valence-corrected chi connectivity index (χ3v) is 6.76. The Hall–Kier alpha value is -2.40. The summed E-state index contributed by atoms with van der Waals surface area (Å²) >= 11 is 0. The predicted molar refractivity (Wildman–Crippen MR) is 116 cm³/mol. The molecule has 3 aromatic carbocycles. The molecule has 1 aliphatic heterocycles. The van der Waals surface area contributed by atoms with Crippen molar-refractivity contribution < 1.29 is 14.4 Å². The Balaban J connectivity index is 1.68. The van der Waals surface area contributed by atoms with Crippen molar-refractivity contribution in [2.24, 2.45) is 0 Å². The summed E-state index contributed by atoms with van der Waals surface area (Å²) in [5, 5.41) is 12.1. The Bertz CT molecular complexity index is 1070. The first-order chi connectivity index (χ1) is 13.7. The fourth-order valence-corrected chi connectivity index (χ4v) is 4.39. The van der Waals surface area contributed by atoms with E-state index < -0.39 is 23.9 Å². The molecular weight excluding hydrogens is 359 g/mol. The Morgan fingerprint density at radius 1 is 0.690 bits per heavy atom. The average Bonchev–Trinajstić information content (AvgIpc) is 3.10. The average molecular weight is 384 g/mol. The van der Waals surface area contributed by atoms with Crippen LogP contribution in [0.3, 0.4) is 0 Å². The van der Waals surface area contributed by atoms with Crippen molar-refractivity contribution in [3.05, 3.63) is 89.5 Å². The highest BCUT2D eigenvalue weighted by Gasteiger charge is 2.52. The standard InChI is InChI=1S/C25H25BO3/c1-23(2)24(3,4)29-26(28-23)18-14-15-20-19-12-8-9-13-21(19)25(27,22(20)16-18)17-10-6-5-7-11-17/h5-16,27H,1-4H3. The van der Waals surface area contributed by atoms with E-state index in [1.807, 2.05) is 54.6 Å². The first-order valence-corrected chi connectivity index (χ1v) is 10.1. The molecule has 3 aromatic rings. The summed E-state index contributed by atoms with van der Waals surface area (Å²) in [6.45, 7) is 8.21. The van der Waals surface area contributed by atoms with Crippen molar-refractivity contribution in [1.29, 1.82) is 0 Å². The van der Waals surface area contributed by atoms with Gasteiger partial charge in [-0.1, -0.05) is 72.8 Å². The summed E-state index contributed by atoms with van der Waals surface area (Å²) in [6, 6.07) is 24.1. The van der Waals surface area contributed by atoms with E-state index in [1.54, 1.807) is 0 Å². The summed E-state index contributed by atoms with van der Waals surface area (Å²) < 4.78 is 12.5.